The number of hydrogen-bond donors (Lipinski definition) is 2. The van der Waals surface area contributed by atoms with Crippen molar-refractivity contribution in [2.45, 2.75) is 32.2 Å². The molecule has 3 nitrogen and oxygen atoms in total. The van der Waals surface area contributed by atoms with E-state index in [1.54, 1.807) is 6.07 Å². The third kappa shape index (κ3) is 3.83. The maximum Gasteiger partial charge on any atom is 0.188 e. The predicted molar refractivity (Wildman–Crippen MR) is 77.0 cm³/mol. The topological polar surface area (TPSA) is 50.4 Å². The maximum atomic E-state index is 13.4. The molecule has 5 heteroatoms. The minimum Gasteiger partial charge on any atom is -0.370 e. The summed E-state index contributed by atoms with van der Waals surface area (Å²) in [6.45, 7) is 4.90. The van der Waals surface area contributed by atoms with E-state index in [-0.39, 0.29) is 16.9 Å². The van der Waals surface area contributed by atoms with Crippen molar-refractivity contribution in [2.75, 3.05) is 6.54 Å². The summed E-state index contributed by atoms with van der Waals surface area (Å²) in [7, 11) is 0. The first kappa shape index (κ1) is 14.1. The number of nitrogens with two attached hydrogens (primary N) is 1. The van der Waals surface area contributed by atoms with Gasteiger partial charge in [0.2, 0.25) is 0 Å². The Morgan fingerprint density at radius 2 is 2.32 bits per heavy atom. The van der Waals surface area contributed by atoms with E-state index in [0.29, 0.717) is 24.3 Å². The Balaban J connectivity index is 1.90. The normalized spacial score (nSPS) is 22.7. The maximum absolute atomic E-state index is 13.4. The fourth-order valence-corrected chi connectivity index (χ4v) is 2.10. The van der Waals surface area contributed by atoms with Crippen LogP contribution in [0.1, 0.15) is 31.7 Å². The van der Waals surface area contributed by atoms with Gasteiger partial charge in [-0.2, -0.15) is 0 Å². The zero-order chi connectivity index (χ0) is 14.0. The van der Waals surface area contributed by atoms with Crippen molar-refractivity contribution < 1.29 is 4.39 Å². The van der Waals surface area contributed by atoms with Gasteiger partial charge >= 0.3 is 0 Å². The van der Waals surface area contributed by atoms with E-state index in [1.165, 1.54) is 6.07 Å². The van der Waals surface area contributed by atoms with Gasteiger partial charge in [0.1, 0.15) is 5.82 Å². The molecule has 1 aromatic carbocycles. The van der Waals surface area contributed by atoms with Gasteiger partial charge in [-0.1, -0.05) is 31.5 Å². The third-order valence-corrected chi connectivity index (χ3v) is 3.43. The Bertz CT molecular complexity index is 488. The number of nitrogens with zero attached hydrogens (tertiary/aromatic N) is 1. The first-order valence-corrected chi connectivity index (χ1v) is 6.86. The van der Waals surface area contributed by atoms with Crippen LogP contribution in [0, 0.1) is 11.7 Å². The van der Waals surface area contributed by atoms with Gasteiger partial charge in [0, 0.05) is 18.5 Å². The monoisotopic (exact) mass is 283 g/mol. The van der Waals surface area contributed by atoms with E-state index in [9.17, 15) is 4.39 Å². The van der Waals surface area contributed by atoms with E-state index in [2.05, 4.69) is 24.2 Å². The molecule has 104 valence electrons. The zero-order valence-electron chi connectivity index (χ0n) is 11.2. The number of hydrogen-bond acceptors (Lipinski definition) is 1. The van der Waals surface area contributed by atoms with Crippen molar-refractivity contribution in [2.24, 2.45) is 16.6 Å². The van der Waals surface area contributed by atoms with Crippen LogP contribution in [0.4, 0.5) is 4.39 Å². The summed E-state index contributed by atoms with van der Waals surface area (Å²) in [5.41, 5.74) is 6.76. The summed E-state index contributed by atoms with van der Waals surface area (Å²) in [4.78, 5) is 4.25. The highest BCUT2D eigenvalue weighted by Gasteiger charge is 2.39. The van der Waals surface area contributed by atoms with Gasteiger partial charge in [-0.05, 0) is 30.0 Å². The number of guanidine groups is 1. The van der Waals surface area contributed by atoms with Crippen LogP contribution in [0.2, 0.25) is 5.02 Å². The molecular weight excluding hydrogens is 265 g/mol. The Labute approximate surface area is 118 Å². The first-order chi connectivity index (χ1) is 8.97. The van der Waals surface area contributed by atoms with Crippen molar-refractivity contribution in [3.63, 3.8) is 0 Å². The summed E-state index contributed by atoms with van der Waals surface area (Å²) < 4.78 is 13.4. The average molecular weight is 284 g/mol. The van der Waals surface area contributed by atoms with Crippen LogP contribution in [0.5, 0.6) is 0 Å². The van der Waals surface area contributed by atoms with Crippen LogP contribution in [0.3, 0.4) is 0 Å². The Morgan fingerprint density at radius 1 is 1.58 bits per heavy atom. The van der Waals surface area contributed by atoms with Crippen LogP contribution in [-0.4, -0.2) is 18.5 Å². The van der Waals surface area contributed by atoms with Crippen LogP contribution in [0.25, 0.3) is 0 Å². The quantitative estimate of drug-likeness (QED) is 0.659. The molecule has 3 N–H and O–H groups in total. The minimum absolute atomic E-state index is 0.159. The highest BCUT2D eigenvalue weighted by Crippen LogP contribution is 2.41. The Hall–Kier alpha value is -1.29. The molecule has 0 aliphatic heterocycles. The van der Waals surface area contributed by atoms with Gasteiger partial charge in [-0.3, -0.25) is 4.99 Å². The molecule has 19 heavy (non-hydrogen) atoms. The Morgan fingerprint density at radius 3 is 2.95 bits per heavy atom. The summed E-state index contributed by atoms with van der Waals surface area (Å²) in [5, 5.41) is 3.32. The minimum atomic E-state index is -0.369. The molecule has 1 aromatic rings. The number of nitrogens with one attached hydrogen (secondary N) is 1. The second kappa shape index (κ2) is 5.78. The summed E-state index contributed by atoms with van der Waals surface area (Å²) in [6, 6.07) is 5.20. The molecule has 1 fully saturated rings. The van der Waals surface area contributed by atoms with Crippen molar-refractivity contribution in [3.8, 4) is 0 Å². The standard InChI is InChI=1S/C14H19ClFN3/c1-8(2)7-18-14(17)19-13-6-10(13)9-3-4-11(15)12(16)5-9/h3-5,8,10,13H,6-7H2,1-2H3,(H3,17,18,19)/t10-,13+/m0/s1. The lowest BCUT2D eigenvalue weighted by atomic mass is 10.1. The van der Waals surface area contributed by atoms with Gasteiger partial charge in [-0.15, -0.1) is 0 Å². The number of rotatable bonds is 4. The molecule has 1 aliphatic carbocycles. The summed E-state index contributed by atoms with van der Waals surface area (Å²) in [6.07, 6.45) is 0.943. The SMILES string of the molecule is CC(C)CN=C(N)N[C@@H]1C[C@H]1c1ccc(Cl)c(F)c1. The summed E-state index contributed by atoms with van der Waals surface area (Å²) in [5.74, 6) is 0.877. The highest BCUT2D eigenvalue weighted by molar-refractivity contribution is 6.30. The van der Waals surface area contributed by atoms with E-state index in [4.69, 9.17) is 17.3 Å². The van der Waals surface area contributed by atoms with Gasteiger partial charge in [0.15, 0.2) is 5.96 Å². The predicted octanol–water partition coefficient (Wildman–Crippen LogP) is 2.90. The molecule has 0 aromatic heterocycles. The third-order valence-electron chi connectivity index (χ3n) is 3.12. The molecule has 2 atom stereocenters. The van der Waals surface area contributed by atoms with E-state index in [1.807, 2.05) is 6.07 Å². The molecule has 0 amide bonds. The highest BCUT2D eigenvalue weighted by atomic mass is 35.5. The number of benzene rings is 1. The lowest BCUT2D eigenvalue weighted by molar-refractivity contribution is 0.625. The van der Waals surface area contributed by atoms with E-state index < -0.39 is 0 Å². The van der Waals surface area contributed by atoms with Crippen molar-refractivity contribution in [3.05, 3.63) is 34.6 Å². The van der Waals surface area contributed by atoms with Gasteiger partial charge in [0.05, 0.1) is 5.02 Å². The smallest absolute Gasteiger partial charge is 0.188 e. The number of halogens is 2. The van der Waals surface area contributed by atoms with Crippen molar-refractivity contribution >= 4 is 17.6 Å². The van der Waals surface area contributed by atoms with Gasteiger partial charge in [0.25, 0.3) is 0 Å². The average Bonchev–Trinajstić information content (AvgIpc) is 3.09. The second-order valence-electron chi connectivity index (χ2n) is 5.39. The fraction of sp³-hybridized carbons (Fsp3) is 0.500. The second-order valence-corrected chi connectivity index (χ2v) is 5.79. The van der Waals surface area contributed by atoms with E-state index in [0.717, 1.165) is 12.0 Å². The van der Waals surface area contributed by atoms with Crippen molar-refractivity contribution in [1.82, 2.24) is 5.32 Å². The lowest BCUT2D eigenvalue weighted by Crippen LogP contribution is -2.34. The molecule has 2 rings (SSSR count). The van der Waals surface area contributed by atoms with Crippen LogP contribution < -0.4 is 11.1 Å². The van der Waals surface area contributed by atoms with Crippen LogP contribution in [0.15, 0.2) is 23.2 Å². The molecular formula is C14H19ClFN3. The zero-order valence-corrected chi connectivity index (χ0v) is 11.9. The molecule has 0 heterocycles. The molecule has 0 radical (unpaired) electrons. The molecule has 0 spiro atoms. The molecule has 0 bridgehead atoms. The van der Waals surface area contributed by atoms with Gasteiger partial charge in [-0.25, -0.2) is 4.39 Å². The Kier molecular flexibility index (Phi) is 4.30. The molecule has 1 aliphatic rings. The lowest BCUT2D eigenvalue weighted by Gasteiger charge is -2.06. The molecule has 0 saturated heterocycles. The summed E-state index contributed by atoms with van der Waals surface area (Å²) >= 11 is 5.67. The van der Waals surface area contributed by atoms with Crippen LogP contribution in [-0.2, 0) is 0 Å². The fourth-order valence-electron chi connectivity index (χ4n) is 1.98. The molecule has 0 unspecified atom stereocenters. The van der Waals surface area contributed by atoms with Crippen LogP contribution >= 0.6 is 11.6 Å². The largest absolute Gasteiger partial charge is 0.370 e. The number of aliphatic imine (C=N–C) groups is 1. The molecule has 1 saturated carbocycles. The van der Waals surface area contributed by atoms with Gasteiger partial charge < -0.3 is 11.1 Å². The van der Waals surface area contributed by atoms with E-state index >= 15 is 0 Å². The van der Waals surface area contributed by atoms with Crippen molar-refractivity contribution in [1.29, 1.82) is 0 Å². The first-order valence-electron chi connectivity index (χ1n) is 6.48.